The minimum absolute atomic E-state index is 0.0324. The van der Waals surface area contributed by atoms with Crippen LogP contribution in [0.3, 0.4) is 0 Å². The van der Waals surface area contributed by atoms with Gasteiger partial charge in [0.05, 0.1) is 18.1 Å². The summed E-state index contributed by atoms with van der Waals surface area (Å²) in [6, 6.07) is 8.06. The van der Waals surface area contributed by atoms with E-state index in [2.05, 4.69) is 89.8 Å². The monoisotopic (exact) mass is 628 g/mol. The first kappa shape index (κ1) is 33.5. The first-order chi connectivity index (χ1) is 21.7. The summed E-state index contributed by atoms with van der Waals surface area (Å²) in [6.45, 7) is 18.8. The quantitative estimate of drug-likeness (QED) is 0.243. The molecule has 0 spiro atoms. The maximum Gasteiger partial charge on any atom is 0.337 e. The van der Waals surface area contributed by atoms with Gasteiger partial charge in [-0.15, -0.1) is 6.58 Å². The van der Waals surface area contributed by atoms with E-state index in [9.17, 15) is 9.59 Å². The van der Waals surface area contributed by atoms with Crippen LogP contribution in [0.15, 0.2) is 43.0 Å². The lowest BCUT2D eigenvalue weighted by atomic mass is 9.32. The number of carbonyl (C=O) groups is 2. The van der Waals surface area contributed by atoms with Crippen molar-refractivity contribution in [1.82, 2.24) is 10.2 Å². The van der Waals surface area contributed by atoms with Crippen LogP contribution in [0.1, 0.15) is 108 Å². The highest BCUT2D eigenvalue weighted by Gasteiger charge is 2.71. The minimum atomic E-state index is -0.284. The maximum atomic E-state index is 14.1. The van der Waals surface area contributed by atoms with E-state index < -0.39 is 0 Å². The molecule has 252 valence electrons. The fourth-order valence-corrected chi connectivity index (χ4v) is 12.9. The molecule has 0 saturated heterocycles. The Labute approximate surface area is 279 Å². The molecule has 9 atom stereocenters. The largest absolute Gasteiger partial charge is 0.465 e. The van der Waals surface area contributed by atoms with Crippen molar-refractivity contribution in [2.45, 2.75) is 92.4 Å². The van der Waals surface area contributed by atoms with Crippen molar-refractivity contribution in [2.24, 2.45) is 56.7 Å². The van der Waals surface area contributed by atoms with Gasteiger partial charge in [0.2, 0.25) is 5.91 Å². The SMILES string of the molecule is C=CC1CCC2(C(=O)NCCN(C)C)CCC3(C)C(CCC4C5(C)CC=C(c6ccc(C(=O)OC)cc6)C(C)(C)C5CCC43C)C12. The summed E-state index contributed by atoms with van der Waals surface area (Å²) in [6.07, 6.45) is 15.1. The molecule has 4 fully saturated rings. The third-order valence-electron chi connectivity index (χ3n) is 15.3. The zero-order chi connectivity index (χ0) is 33.3. The number of nitrogens with zero attached hydrogens (tertiary/aromatic N) is 1. The molecule has 5 nitrogen and oxygen atoms in total. The summed E-state index contributed by atoms with van der Waals surface area (Å²) in [5.41, 5.74) is 3.74. The van der Waals surface area contributed by atoms with E-state index in [1.807, 2.05) is 12.1 Å². The number of fused-ring (bicyclic) bond motifs is 7. The van der Waals surface area contributed by atoms with Crippen molar-refractivity contribution in [1.29, 1.82) is 0 Å². The van der Waals surface area contributed by atoms with Gasteiger partial charge in [0, 0.05) is 13.1 Å². The lowest BCUT2D eigenvalue weighted by Crippen LogP contribution is -2.66. The van der Waals surface area contributed by atoms with Crippen LogP contribution in [0.2, 0.25) is 0 Å². The van der Waals surface area contributed by atoms with Gasteiger partial charge >= 0.3 is 5.97 Å². The number of hydrogen-bond acceptors (Lipinski definition) is 4. The Morgan fingerprint density at radius 2 is 1.65 bits per heavy atom. The number of hydrogen-bond donors (Lipinski definition) is 1. The van der Waals surface area contributed by atoms with Gasteiger partial charge in [-0.1, -0.05) is 58.9 Å². The zero-order valence-corrected chi connectivity index (χ0v) is 30.0. The predicted octanol–water partition coefficient (Wildman–Crippen LogP) is 8.41. The second-order valence-electron chi connectivity index (χ2n) is 17.5. The van der Waals surface area contributed by atoms with E-state index in [1.165, 1.54) is 43.9 Å². The van der Waals surface area contributed by atoms with Crippen molar-refractivity contribution in [3.05, 3.63) is 54.1 Å². The summed E-state index contributed by atoms with van der Waals surface area (Å²) in [7, 11) is 5.59. The van der Waals surface area contributed by atoms with Crippen LogP contribution in [0.25, 0.3) is 5.57 Å². The number of methoxy groups -OCH3 is 1. The van der Waals surface area contributed by atoms with E-state index in [1.54, 1.807) is 0 Å². The van der Waals surface area contributed by atoms with Gasteiger partial charge in [0.25, 0.3) is 0 Å². The molecule has 1 aromatic rings. The predicted molar refractivity (Wildman–Crippen MR) is 187 cm³/mol. The average Bonchev–Trinajstić information content (AvgIpc) is 3.41. The summed E-state index contributed by atoms with van der Waals surface area (Å²) >= 11 is 0. The number of amides is 1. The third kappa shape index (κ3) is 4.71. The second kappa shape index (κ2) is 11.6. The highest BCUT2D eigenvalue weighted by Crippen LogP contribution is 2.77. The highest BCUT2D eigenvalue weighted by atomic mass is 16.5. The topological polar surface area (TPSA) is 58.6 Å². The third-order valence-corrected chi connectivity index (χ3v) is 15.3. The Morgan fingerprint density at radius 3 is 2.30 bits per heavy atom. The number of carbonyl (C=O) groups excluding carboxylic acids is 2. The van der Waals surface area contributed by atoms with Crippen molar-refractivity contribution in [3.63, 3.8) is 0 Å². The molecule has 5 aliphatic carbocycles. The van der Waals surface area contributed by atoms with Crippen LogP contribution in [0.4, 0.5) is 0 Å². The number of rotatable bonds is 7. The van der Waals surface area contributed by atoms with Gasteiger partial charge in [-0.2, -0.15) is 0 Å². The van der Waals surface area contributed by atoms with Crippen LogP contribution >= 0.6 is 0 Å². The average molecular weight is 629 g/mol. The molecular weight excluding hydrogens is 568 g/mol. The molecule has 1 amide bonds. The molecule has 6 rings (SSSR count). The van der Waals surface area contributed by atoms with Crippen molar-refractivity contribution < 1.29 is 14.3 Å². The van der Waals surface area contributed by atoms with Gasteiger partial charge in [-0.3, -0.25) is 4.79 Å². The molecule has 0 radical (unpaired) electrons. The van der Waals surface area contributed by atoms with Gasteiger partial charge in [0.15, 0.2) is 0 Å². The van der Waals surface area contributed by atoms with Gasteiger partial charge < -0.3 is 15.0 Å². The van der Waals surface area contributed by atoms with Crippen molar-refractivity contribution in [2.75, 3.05) is 34.3 Å². The van der Waals surface area contributed by atoms with E-state index in [4.69, 9.17) is 4.74 Å². The second-order valence-corrected chi connectivity index (χ2v) is 17.5. The summed E-state index contributed by atoms with van der Waals surface area (Å²) in [5.74, 6) is 2.67. The van der Waals surface area contributed by atoms with Crippen LogP contribution in [-0.2, 0) is 9.53 Å². The number of allylic oxidation sites excluding steroid dienone is 3. The first-order valence-electron chi connectivity index (χ1n) is 18.1. The first-order valence-corrected chi connectivity index (χ1v) is 18.1. The molecule has 1 N–H and O–H groups in total. The van der Waals surface area contributed by atoms with Crippen molar-refractivity contribution >= 4 is 17.4 Å². The normalized spacial score (nSPS) is 40.9. The fraction of sp³-hybridized carbons (Fsp3) is 0.707. The van der Waals surface area contributed by atoms with Crippen LogP contribution in [0.5, 0.6) is 0 Å². The molecule has 46 heavy (non-hydrogen) atoms. The Balaban J connectivity index is 1.31. The molecule has 5 aliphatic rings. The molecule has 0 aromatic heterocycles. The highest BCUT2D eigenvalue weighted by molar-refractivity contribution is 5.90. The number of benzene rings is 1. The van der Waals surface area contributed by atoms with E-state index in [0.717, 1.165) is 45.2 Å². The van der Waals surface area contributed by atoms with Gasteiger partial charge in [-0.05, 0) is 146 Å². The number of esters is 1. The Kier molecular flexibility index (Phi) is 8.47. The Morgan fingerprint density at radius 1 is 0.935 bits per heavy atom. The van der Waals surface area contributed by atoms with Crippen LogP contribution < -0.4 is 5.32 Å². The Hall–Kier alpha value is -2.40. The number of ether oxygens (including phenoxy) is 1. The molecule has 4 saturated carbocycles. The lowest BCUT2D eigenvalue weighted by Gasteiger charge is -2.72. The van der Waals surface area contributed by atoms with Crippen molar-refractivity contribution in [3.8, 4) is 0 Å². The maximum absolute atomic E-state index is 14.1. The summed E-state index contributed by atoms with van der Waals surface area (Å²) in [4.78, 5) is 28.4. The zero-order valence-electron chi connectivity index (χ0n) is 30.0. The standard InChI is InChI=1S/C41H60N2O3/c1-10-27-17-22-41(36(45)42-25-26-43(7)8)24-23-39(5)31(34(27)41)15-16-33-38(4)20-18-30(28-11-13-29(14-12-28)35(44)46-9)37(2,3)32(38)19-21-40(33,39)6/h10-14,18,27,31-34H,1,15-17,19-26H2,2-9H3,(H,42,45). The molecule has 0 heterocycles. The Bertz CT molecular complexity index is 1390. The number of nitrogens with one attached hydrogen (secondary N) is 1. The van der Waals surface area contributed by atoms with Crippen LogP contribution in [-0.4, -0.2) is 51.1 Å². The van der Waals surface area contributed by atoms with E-state index >= 15 is 0 Å². The smallest absolute Gasteiger partial charge is 0.337 e. The van der Waals surface area contributed by atoms with Gasteiger partial charge in [-0.25, -0.2) is 4.79 Å². The molecular formula is C41H60N2O3. The molecule has 5 heteroatoms. The summed E-state index contributed by atoms with van der Waals surface area (Å²) in [5, 5.41) is 3.40. The van der Waals surface area contributed by atoms with Gasteiger partial charge in [0.1, 0.15) is 0 Å². The number of likely N-dealkylation sites (N-methyl/N-ethyl adjacent to an activating group) is 1. The molecule has 0 aliphatic heterocycles. The van der Waals surface area contributed by atoms with E-state index in [0.29, 0.717) is 41.1 Å². The molecule has 9 unspecified atom stereocenters. The fourth-order valence-electron chi connectivity index (χ4n) is 12.9. The molecule has 1 aromatic carbocycles. The van der Waals surface area contributed by atoms with Crippen LogP contribution in [0, 0.1) is 56.7 Å². The minimum Gasteiger partial charge on any atom is -0.465 e. The summed E-state index contributed by atoms with van der Waals surface area (Å²) < 4.78 is 4.95. The van der Waals surface area contributed by atoms with E-state index in [-0.39, 0.29) is 33.0 Å². The lowest BCUT2D eigenvalue weighted by molar-refractivity contribution is -0.224. The molecule has 0 bridgehead atoms.